The highest BCUT2D eigenvalue weighted by molar-refractivity contribution is 5.94. The van der Waals surface area contributed by atoms with Crippen LogP contribution >= 0.6 is 0 Å². The topological polar surface area (TPSA) is 70.7 Å². The van der Waals surface area contributed by atoms with Crippen LogP contribution in [0.1, 0.15) is 65.9 Å². The first kappa shape index (κ1) is 23.5. The molecule has 6 nitrogen and oxygen atoms in total. The third-order valence-corrected chi connectivity index (χ3v) is 6.67. The van der Waals surface area contributed by atoms with E-state index < -0.39 is 0 Å². The van der Waals surface area contributed by atoms with Gasteiger partial charge in [-0.3, -0.25) is 14.5 Å². The zero-order valence-corrected chi connectivity index (χ0v) is 19.4. The van der Waals surface area contributed by atoms with Crippen LogP contribution in [-0.2, 0) is 16.1 Å². The van der Waals surface area contributed by atoms with Crippen LogP contribution in [0.2, 0.25) is 0 Å². The Morgan fingerprint density at radius 1 is 0.970 bits per heavy atom. The number of carbonyl (C=O) groups excluding carboxylic acids is 2. The number of ether oxygens (including phenoxy) is 1. The Bertz CT molecular complexity index is 916. The van der Waals surface area contributed by atoms with Crippen molar-refractivity contribution in [2.24, 2.45) is 0 Å². The predicted molar refractivity (Wildman–Crippen MR) is 130 cm³/mol. The van der Waals surface area contributed by atoms with Crippen molar-refractivity contribution in [2.45, 2.75) is 51.0 Å². The Kier molecular flexibility index (Phi) is 8.50. The summed E-state index contributed by atoms with van der Waals surface area (Å²) in [5.41, 5.74) is 3.74. The lowest BCUT2D eigenvalue weighted by atomic mass is 9.84. The summed E-state index contributed by atoms with van der Waals surface area (Å²) < 4.78 is 5.34. The van der Waals surface area contributed by atoms with Gasteiger partial charge in [-0.1, -0.05) is 43.5 Å². The van der Waals surface area contributed by atoms with E-state index in [1.807, 2.05) is 36.4 Å². The molecule has 0 bridgehead atoms. The van der Waals surface area contributed by atoms with Gasteiger partial charge in [-0.05, 0) is 54.2 Å². The summed E-state index contributed by atoms with van der Waals surface area (Å²) in [6.45, 7) is 4.39. The molecular weight excluding hydrogens is 414 g/mol. The summed E-state index contributed by atoms with van der Waals surface area (Å²) >= 11 is 0. The molecule has 33 heavy (non-hydrogen) atoms. The number of hydrogen-bond donors (Lipinski definition) is 2. The molecule has 1 saturated heterocycles. The SMILES string of the molecule is O=C(CCN1CCOCC1)Nc1cccc(CNC(=O)c2ccc(C3CCCCC3)cc2)c1. The molecule has 0 spiro atoms. The summed E-state index contributed by atoms with van der Waals surface area (Å²) in [6, 6.07) is 15.7. The quantitative estimate of drug-likeness (QED) is 0.630. The Morgan fingerprint density at radius 2 is 1.73 bits per heavy atom. The number of rotatable bonds is 8. The Balaban J connectivity index is 1.24. The molecule has 1 aliphatic carbocycles. The number of morpholine rings is 1. The first-order chi connectivity index (χ1) is 16.2. The molecule has 6 heteroatoms. The van der Waals surface area contributed by atoms with Crippen LogP contribution in [0.4, 0.5) is 5.69 Å². The van der Waals surface area contributed by atoms with E-state index in [1.165, 1.54) is 37.7 Å². The fraction of sp³-hybridized carbons (Fsp3) is 0.481. The molecule has 2 fully saturated rings. The number of nitrogens with one attached hydrogen (secondary N) is 2. The van der Waals surface area contributed by atoms with Gasteiger partial charge in [-0.25, -0.2) is 0 Å². The van der Waals surface area contributed by atoms with Gasteiger partial charge in [0.25, 0.3) is 5.91 Å². The maximum Gasteiger partial charge on any atom is 0.251 e. The lowest BCUT2D eigenvalue weighted by molar-refractivity contribution is -0.116. The Morgan fingerprint density at radius 3 is 2.48 bits per heavy atom. The van der Waals surface area contributed by atoms with E-state index in [1.54, 1.807) is 0 Å². The highest BCUT2D eigenvalue weighted by Crippen LogP contribution is 2.32. The minimum absolute atomic E-state index is 0.000679. The maximum absolute atomic E-state index is 12.6. The van der Waals surface area contributed by atoms with Crippen molar-refractivity contribution < 1.29 is 14.3 Å². The Hall–Kier alpha value is -2.70. The van der Waals surface area contributed by atoms with Crippen molar-refractivity contribution in [3.05, 3.63) is 65.2 Å². The second-order valence-electron chi connectivity index (χ2n) is 9.09. The Labute approximate surface area is 196 Å². The number of anilines is 1. The van der Waals surface area contributed by atoms with E-state index >= 15 is 0 Å². The van der Waals surface area contributed by atoms with E-state index in [0.29, 0.717) is 24.4 Å². The molecule has 2 N–H and O–H groups in total. The highest BCUT2D eigenvalue weighted by atomic mass is 16.5. The molecule has 2 aromatic carbocycles. The summed E-state index contributed by atoms with van der Waals surface area (Å²) in [7, 11) is 0. The van der Waals surface area contributed by atoms with Crippen LogP contribution < -0.4 is 10.6 Å². The van der Waals surface area contributed by atoms with Crippen molar-refractivity contribution in [1.29, 1.82) is 0 Å². The average molecular weight is 450 g/mol. The fourth-order valence-corrected chi connectivity index (χ4v) is 4.69. The van der Waals surface area contributed by atoms with Gasteiger partial charge in [0.05, 0.1) is 13.2 Å². The van der Waals surface area contributed by atoms with Crippen LogP contribution in [-0.4, -0.2) is 49.6 Å². The monoisotopic (exact) mass is 449 g/mol. The zero-order chi connectivity index (χ0) is 22.9. The van der Waals surface area contributed by atoms with Crippen LogP contribution in [0, 0.1) is 0 Å². The number of amides is 2. The van der Waals surface area contributed by atoms with Crippen molar-refractivity contribution in [3.8, 4) is 0 Å². The molecule has 0 atom stereocenters. The molecule has 1 heterocycles. The first-order valence-corrected chi connectivity index (χ1v) is 12.2. The molecule has 176 valence electrons. The van der Waals surface area contributed by atoms with Gasteiger partial charge in [0.2, 0.25) is 5.91 Å². The third kappa shape index (κ3) is 7.14. The van der Waals surface area contributed by atoms with E-state index in [0.717, 1.165) is 44.1 Å². The molecule has 4 rings (SSSR count). The van der Waals surface area contributed by atoms with Crippen molar-refractivity contribution in [3.63, 3.8) is 0 Å². The summed E-state index contributed by atoms with van der Waals surface area (Å²) in [4.78, 5) is 27.2. The number of carbonyl (C=O) groups is 2. The fourth-order valence-electron chi connectivity index (χ4n) is 4.69. The summed E-state index contributed by atoms with van der Waals surface area (Å²) in [6.07, 6.45) is 6.92. The van der Waals surface area contributed by atoms with Crippen LogP contribution in [0.25, 0.3) is 0 Å². The number of nitrogens with zero attached hydrogens (tertiary/aromatic N) is 1. The molecule has 0 radical (unpaired) electrons. The second-order valence-corrected chi connectivity index (χ2v) is 9.09. The van der Waals surface area contributed by atoms with Gasteiger partial charge in [0.1, 0.15) is 0 Å². The number of hydrogen-bond acceptors (Lipinski definition) is 4. The molecular formula is C27H35N3O3. The van der Waals surface area contributed by atoms with E-state index in [-0.39, 0.29) is 11.8 Å². The minimum Gasteiger partial charge on any atom is -0.379 e. The zero-order valence-electron chi connectivity index (χ0n) is 19.4. The third-order valence-electron chi connectivity index (χ3n) is 6.67. The molecule has 0 unspecified atom stereocenters. The van der Waals surface area contributed by atoms with Gasteiger partial charge in [-0.15, -0.1) is 0 Å². The average Bonchev–Trinajstić information content (AvgIpc) is 2.87. The van der Waals surface area contributed by atoms with E-state index in [4.69, 9.17) is 4.74 Å². The van der Waals surface area contributed by atoms with Crippen LogP contribution in [0.15, 0.2) is 48.5 Å². The smallest absolute Gasteiger partial charge is 0.251 e. The van der Waals surface area contributed by atoms with Gasteiger partial charge in [0.15, 0.2) is 0 Å². The van der Waals surface area contributed by atoms with Gasteiger partial charge in [0, 0.05) is 43.9 Å². The molecule has 2 amide bonds. The maximum atomic E-state index is 12.6. The van der Waals surface area contributed by atoms with Gasteiger partial charge in [-0.2, -0.15) is 0 Å². The van der Waals surface area contributed by atoms with Crippen molar-refractivity contribution in [2.75, 3.05) is 38.2 Å². The van der Waals surface area contributed by atoms with Crippen molar-refractivity contribution >= 4 is 17.5 Å². The van der Waals surface area contributed by atoms with Crippen LogP contribution in [0.3, 0.4) is 0 Å². The second kappa shape index (κ2) is 12.0. The predicted octanol–water partition coefficient (Wildman–Crippen LogP) is 4.33. The van der Waals surface area contributed by atoms with Crippen LogP contribution in [0.5, 0.6) is 0 Å². The molecule has 1 saturated carbocycles. The molecule has 2 aliphatic rings. The lowest BCUT2D eigenvalue weighted by Gasteiger charge is -2.26. The summed E-state index contributed by atoms with van der Waals surface area (Å²) in [5, 5.41) is 5.96. The normalized spacial score (nSPS) is 17.5. The standard InChI is InChI=1S/C27H35N3O3/c31-26(13-14-30-15-17-33-18-16-30)29-25-8-4-5-21(19-25)20-28-27(32)24-11-9-23(10-12-24)22-6-2-1-3-7-22/h4-5,8-12,19,22H,1-3,6-7,13-18,20H2,(H,28,32)(H,29,31). The van der Waals surface area contributed by atoms with Gasteiger partial charge < -0.3 is 15.4 Å². The highest BCUT2D eigenvalue weighted by Gasteiger charge is 2.16. The van der Waals surface area contributed by atoms with E-state index in [9.17, 15) is 9.59 Å². The lowest BCUT2D eigenvalue weighted by Crippen LogP contribution is -2.38. The molecule has 0 aromatic heterocycles. The molecule has 1 aliphatic heterocycles. The summed E-state index contributed by atoms with van der Waals surface area (Å²) in [5.74, 6) is 0.563. The molecule has 2 aromatic rings. The minimum atomic E-state index is -0.0786. The van der Waals surface area contributed by atoms with Gasteiger partial charge >= 0.3 is 0 Å². The number of benzene rings is 2. The first-order valence-electron chi connectivity index (χ1n) is 12.2. The largest absolute Gasteiger partial charge is 0.379 e. The van der Waals surface area contributed by atoms with E-state index in [2.05, 4.69) is 27.7 Å². The van der Waals surface area contributed by atoms with Crippen molar-refractivity contribution in [1.82, 2.24) is 10.2 Å².